The Morgan fingerprint density at radius 2 is 1.74 bits per heavy atom. The van der Waals surface area contributed by atoms with E-state index in [0.717, 1.165) is 10.7 Å². The average molecular weight is 476 g/mol. The summed E-state index contributed by atoms with van der Waals surface area (Å²) in [4.78, 5) is 71.6. The zero-order chi connectivity index (χ0) is 24.7. The van der Waals surface area contributed by atoms with Gasteiger partial charge in [-0.05, 0) is 12.1 Å². The minimum absolute atomic E-state index is 0.0170. The summed E-state index contributed by atoms with van der Waals surface area (Å²) >= 11 is 0. The van der Waals surface area contributed by atoms with Crippen LogP contribution in [0.4, 0.5) is 5.82 Å². The normalized spacial score (nSPS) is 18.6. The van der Waals surface area contributed by atoms with Crippen LogP contribution in [0.15, 0.2) is 24.4 Å². The zero-order valence-electron chi connectivity index (χ0n) is 19.1. The summed E-state index contributed by atoms with van der Waals surface area (Å²) in [6.45, 7) is 1.91. The van der Waals surface area contributed by atoms with Gasteiger partial charge in [0.2, 0.25) is 17.7 Å². The van der Waals surface area contributed by atoms with E-state index in [-0.39, 0.29) is 38.3 Å². The molecule has 2 aliphatic heterocycles. The molecule has 34 heavy (non-hydrogen) atoms. The Labute approximate surface area is 197 Å². The molecule has 1 atom stereocenters. The maximum atomic E-state index is 12.9. The lowest BCUT2D eigenvalue weighted by Crippen LogP contribution is -2.60. The highest BCUT2D eigenvalue weighted by Crippen LogP contribution is 2.18. The third kappa shape index (κ3) is 6.21. The van der Waals surface area contributed by atoms with Gasteiger partial charge in [-0.2, -0.15) is 0 Å². The first-order valence-electron chi connectivity index (χ1n) is 11.1. The molecule has 0 saturated carbocycles. The molecule has 1 aromatic rings. The summed E-state index contributed by atoms with van der Waals surface area (Å²) in [5.74, 6) is -2.22. The van der Waals surface area contributed by atoms with Crippen molar-refractivity contribution in [2.45, 2.75) is 25.3 Å². The molecule has 2 saturated heterocycles. The number of carbonyl (C=O) groups excluding carboxylic acids is 4. The fourth-order valence-corrected chi connectivity index (χ4v) is 4.14. The topological polar surface area (TPSA) is 141 Å². The van der Waals surface area contributed by atoms with Crippen molar-refractivity contribution >= 4 is 35.5 Å². The summed E-state index contributed by atoms with van der Waals surface area (Å²) < 4.78 is 4.63. The van der Waals surface area contributed by atoms with Crippen molar-refractivity contribution in [1.82, 2.24) is 19.7 Å². The number of hydrogen-bond acceptors (Lipinski definition) is 8. The number of aliphatic carboxylic acids is 1. The number of carboxylic acid groups (broad SMARTS) is 1. The minimum atomic E-state index is -1.18. The number of carbonyl (C=O) groups is 5. The van der Waals surface area contributed by atoms with Gasteiger partial charge in [-0.3, -0.25) is 24.0 Å². The third-order valence-electron chi connectivity index (χ3n) is 5.98. The molecule has 184 valence electrons. The van der Waals surface area contributed by atoms with E-state index in [1.165, 1.54) is 12.0 Å². The van der Waals surface area contributed by atoms with E-state index in [2.05, 4.69) is 14.6 Å². The smallest absolute Gasteiger partial charge is 0.323 e. The quantitative estimate of drug-likeness (QED) is 0.478. The van der Waals surface area contributed by atoms with Crippen LogP contribution in [-0.2, 0) is 28.7 Å². The van der Waals surface area contributed by atoms with Crippen molar-refractivity contribution in [3.8, 4) is 0 Å². The summed E-state index contributed by atoms with van der Waals surface area (Å²) in [6, 6.07) is 4.52. The first-order valence-corrected chi connectivity index (χ1v) is 11.1. The van der Waals surface area contributed by atoms with Crippen molar-refractivity contribution in [2.24, 2.45) is 0 Å². The SMILES string of the molecule is COC(=O)C[C@H]1C(=O)N(CC(=O)O)CCN1C(=O)CCC(=O)N1CCN(c2ccccn2)CC1. The van der Waals surface area contributed by atoms with Gasteiger partial charge in [0.1, 0.15) is 18.4 Å². The predicted molar refractivity (Wildman–Crippen MR) is 119 cm³/mol. The number of methoxy groups -OCH3 is 1. The van der Waals surface area contributed by atoms with Gasteiger partial charge in [0.25, 0.3) is 0 Å². The number of nitrogens with zero attached hydrogens (tertiary/aromatic N) is 5. The Morgan fingerprint density at radius 3 is 2.35 bits per heavy atom. The highest BCUT2D eigenvalue weighted by molar-refractivity contribution is 5.94. The number of rotatable bonds is 8. The second kappa shape index (κ2) is 11.4. The van der Waals surface area contributed by atoms with E-state index >= 15 is 0 Å². The van der Waals surface area contributed by atoms with Gasteiger partial charge in [-0.1, -0.05) is 6.07 Å². The minimum Gasteiger partial charge on any atom is -0.480 e. The van der Waals surface area contributed by atoms with E-state index in [4.69, 9.17) is 5.11 Å². The number of anilines is 1. The molecule has 0 bridgehead atoms. The largest absolute Gasteiger partial charge is 0.480 e. The van der Waals surface area contributed by atoms with Crippen LogP contribution in [0.5, 0.6) is 0 Å². The highest BCUT2D eigenvalue weighted by atomic mass is 16.5. The van der Waals surface area contributed by atoms with E-state index in [0.29, 0.717) is 26.2 Å². The zero-order valence-corrected chi connectivity index (χ0v) is 19.1. The van der Waals surface area contributed by atoms with Crippen LogP contribution in [-0.4, -0.2) is 113 Å². The Bertz CT molecular complexity index is 917. The molecule has 0 aliphatic carbocycles. The molecule has 3 heterocycles. The van der Waals surface area contributed by atoms with Gasteiger partial charge in [0, 0.05) is 58.3 Å². The second-order valence-electron chi connectivity index (χ2n) is 8.09. The number of ether oxygens (including phenoxy) is 1. The molecule has 0 spiro atoms. The first-order chi connectivity index (χ1) is 16.3. The van der Waals surface area contributed by atoms with Gasteiger partial charge in [-0.15, -0.1) is 0 Å². The summed E-state index contributed by atoms with van der Waals surface area (Å²) in [6.07, 6.45) is 1.22. The lowest BCUT2D eigenvalue weighted by molar-refractivity contribution is -0.159. The van der Waals surface area contributed by atoms with Gasteiger partial charge in [-0.25, -0.2) is 4.98 Å². The van der Waals surface area contributed by atoms with E-state index in [9.17, 15) is 24.0 Å². The number of hydrogen-bond donors (Lipinski definition) is 1. The molecular formula is C22H29N5O7. The van der Waals surface area contributed by atoms with Gasteiger partial charge in [0.15, 0.2) is 0 Å². The molecule has 0 aromatic carbocycles. The first kappa shape index (κ1) is 24.9. The predicted octanol–water partition coefficient (Wildman–Crippen LogP) is -0.802. The van der Waals surface area contributed by atoms with Gasteiger partial charge < -0.3 is 29.4 Å². The molecule has 0 radical (unpaired) electrons. The maximum Gasteiger partial charge on any atom is 0.323 e. The van der Waals surface area contributed by atoms with Crippen LogP contribution < -0.4 is 4.90 Å². The van der Waals surface area contributed by atoms with Crippen molar-refractivity contribution in [1.29, 1.82) is 0 Å². The van der Waals surface area contributed by atoms with Crippen LogP contribution in [0.1, 0.15) is 19.3 Å². The lowest BCUT2D eigenvalue weighted by atomic mass is 10.1. The molecule has 12 nitrogen and oxygen atoms in total. The standard InChI is InChI=1S/C22H29N5O7/c1-34-21(32)14-16-22(33)26(15-20(30)31)12-13-27(16)19(29)6-5-18(28)25-10-8-24(9-11-25)17-4-2-3-7-23-17/h2-4,7,16H,5-6,8-15H2,1H3,(H,30,31)/t16-/m0/s1. The summed E-state index contributed by atoms with van der Waals surface area (Å²) in [5, 5.41) is 9.01. The van der Waals surface area contributed by atoms with Gasteiger partial charge in [0.05, 0.1) is 13.5 Å². The van der Waals surface area contributed by atoms with Crippen molar-refractivity contribution in [3.63, 3.8) is 0 Å². The third-order valence-corrected chi connectivity index (χ3v) is 5.98. The van der Waals surface area contributed by atoms with Gasteiger partial charge >= 0.3 is 11.9 Å². The summed E-state index contributed by atoms with van der Waals surface area (Å²) in [7, 11) is 1.17. The highest BCUT2D eigenvalue weighted by Gasteiger charge is 2.39. The number of amides is 3. The molecule has 1 aromatic heterocycles. The van der Waals surface area contributed by atoms with Crippen molar-refractivity contribution < 1.29 is 33.8 Å². The van der Waals surface area contributed by atoms with E-state index in [1.54, 1.807) is 11.1 Å². The van der Waals surface area contributed by atoms with Crippen molar-refractivity contribution in [2.75, 3.05) is 57.8 Å². The number of piperazine rings is 2. The van der Waals surface area contributed by atoms with Crippen LogP contribution in [0.2, 0.25) is 0 Å². The Hall–Kier alpha value is -3.70. The van der Waals surface area contributed by atoms with Crippen LogP contribution >= 0.6 is 0 Å². The molecule has 3 rings (SSSR count). The van der Waals surface area contributed by atoms with E-state index in [1.807, 2.05) is 18.2 Å². The molecule has 12 heteroatoms. The Balaban J connectivity index is 1.54. The molecule has 2 fully saturated rings. The lowest BCUT2D eigenvalue weighted by Gasteiger charge is -2.40. The second-order valence-corrected chi connectivity index (χ2v) is 8.09. The fraction of sp³-hybridized carbons (Fsp3) is 0.545. The van der Waals surface area contributed by atoms with Crippen molar-refractivity contribution in [3.05, 3.63) is 24.4 Å². The number of aromatic nitrogens is 1. The molecule has 2 aliphatic rings. The molecule has 1 N–H and O–H groups in total. The summed E-state index contributed by atoms with van der Waals surface area (Å²) in [5.41, 5.74) is 0. The molecule has 3 amide bonds. The number of esters is 1. The fourth-order valence-electron chi connectivity index (χ4n) is 4.14. The maximum absolute atomic E-state index is 12.9. The van der Waals surface area contributed by atoms with Crippen LogP contribution in [0.25, 0.3) is 0 Å². The number of pyridine rings is 1. The Morgan fingerprint density at radius 1 is 1.03 bits per heavy atom. The van der Waals surface area contributed by atoms with E-state index < -0.39 is 36.3 Å². The average Bonchev–Trinajstić information content (AvgIpc) is 2.85. The van der Waals surface area contributed by atoms with Crippen LogP contribution in [0, 0.1) is 0 Å². The van der Waals surface area contributed by atoms with Crippen LogP contribution in [0.3, 0.4) is 0 Å². The monoisotopic (exact) mass is 475 g/mol. The number of carboxylic acids is 1. The molecular weight excluding hydrogens is 446 g/mol. The Kier molecular flexibility index (Phi) is 8.39. The molecule has 0 unspecified atom stereocenters.